The number of anilines is 1. The standard InChI is InChI=1S/C11H15NO/c1-11(2)7-12(3)8-5-4-6-9(13)10(8)11/h4-6,13H,7H2,1-3H3. The first-order valence-corrected chi connectivity index (χ1v) is 4.56. The van der Waals surface area contributed by atoms with Crippen molar-refractivity contribution in [1.82, 2.24) is 0 Å². The summed E-state index contributed by atoms with van der Waals surface area (Å²) in [6.07, 6.45) is 0. The Labute approximate surface area is 78.8 Å². The molecule has 1 aliphatic rings. The van der Waals surface area contributed by atoms with E-state index < -0.39 is 0 Å². The van der Waals surface area contributed by atoms with E-state index in [0.29, 0.717) is 5.75 Å². The second kappa shape index (κ2) is 2.41. The monoisotopic (exact) mass is 177 g/mol. The van der Waals surface area contributed by atoms with Crippen LogP contribution in [0.5, 0.6) is 5.75 Å². The summed E-state index contributed by atoms with van der Waals surface area (Å²) in [4.78, 5) is 2.19. The third-order valence-corrected chi connectivity index (χ3v) is 2.74. The van der Waals surface area contributed by atoms with Crippen LogP contribution in [0, 0.1) is 0 Å². The average molecular weight is 177 g/mol. The molecule has 0 aliphatic carbocycles. The summed E-state index contributed by atoms with van der Waals surface area (Å²) >= 11 is 0. The highest BCUT2D eigenvalue weighted by Gasteiger charge is 2.35. The van der Waals surface area contributed by atoms with E-state index >= 15 is 0 Å². The Hall–Kier alpha value is -1.18. The first kappa shape index (κ1) is 8.42. The minimum atomic E-state index is 0.0649. The smallest absolute Gasteiger partial charge is 0.121 e. The van der Waals surface area contributed by atoms with Gasteiger partial charge in [0.15, 0.2) is 0 Å². The summed E-state index contributed by atoms with van der Waals surface area (Å²) in [5.41, 5.74) is 2.30. The summed E-state index contributed by atoms with van der Waals surface area (Å²) in [6, 6.07) is 5.72. The van der Waals surface area contributed by atoms with Gasteiger partial charge in [-0.1, -0.05) is 19.9 Å². The molecule has 0 atom stereocenters. The fourth-order valence-corrected chi connectivity index (χ4v) is 2.30. The highest BCUT2D eigenvalue weighted by atomic mass is 16.3. The zero-order valence-corrected chi connectivity index (χ0v) is 8.33. The van der Waals surface area contributed by atoms with E-state index in [9.17, 15) is 5.11 Å². The summed E-state index contributed by atoms with van der Waals surface area (Å²) in [7, 11) is 2.06. The van der Waals surface area contributed by atoms with Crippen molar-refractivity contribution < 1.29 is 5.11 Å². The number of fused-ring (bicyclic) bond motifs is 1. The molecular weight excluding hydrogens is 162 g/mol. The van der Waals surface area contributed by atoms with Gasteiger partial charge in [-0.25, -0.2) is 0 Å². The first-order valence-electron chi connectivity index (χ1n) is 4.56. The zero-order chi connectivity index (χ0) is 9.64. The van der Waals surface area contributed by atoms with Crippen molar-refractivity contribution in [2.24, 2.45) is 0 Å². The molecule has 13 heavy (non-hydrogen) atoms. The van der Waals surface area contributed by atoms with Crippen molar-refractivity contribution in [2.75, 3.05) is 18.5 Å². The highest BCUT2D eigenvalue weighted by Crippen LogP contribution is 2.44. The first-order chi connectivity index (χ1) is 6.02. The van der Waals surface area contributed by atoms with Gasteiger partial charge < -0.3 is 10.0 Å². The lowest BCUT2D eigenvalue weighted by Gasteiger charge is -2.18. The van der Waals surface area contributed by atoms with Gasteiger partial charge in [0.2, 0.25) is 0 Å². The number of phenolic OH excluding ortho intramolecular Hbond substituents is 1. The Bertz CT molecular complexity index is 344. The Balaban J connectivity index is 2.66. The highest BCUT2D eigenvalue weighted by molar-refractivity contribution is 5.66. The van der Waals surface area contributed by atoms with Gasteiger partial charge in [0.25, 0.3) is 0 Å². The number of hydrogen-bond acceptors (Lipinski definition) is 2. The Morgan fingerprint density at radius 1 is 1.38 bits per heavy atom. The van der Waals surface area contributed by atoms with Crippen molar-refractivity contribution in [3.05, 3.63) is 23.8 Å². The molecule has 0 saturated carbocycles. The topological polar surface area (TPSA) is 23.5 Å². The second-order valence-corrected chi connectivity index (χ2v) is 4.41. The molecule has 0 saturated heterocycles. The van der Waals surface area contributed by atoms with E-state index in [1.165, 1.54) is 0 Å². The van der Waals surface area contributed by atoms with Gasteiger partial charge in [0, 0.05) is 30.3 Å². The van der Waals surface area contributed by atoms with Crippen LogP contribution in [0.4, 0.5) is 5.69 Å². The molecule has 1 aromatic carbocycles. The van der Waals surface area contributed by atoms with Crippen LogP contribution in [0.1, 0.15) is 19.4 Å². The van der Waals surface area contributed by atoms with Crippen molar-refractivity contribution in [3.63, 3.8) is 0 Å². The van der Waals surface area contributed by atoms with Crippen LogP contribution >= 0.6 is 0 Å². The molecule has 2 nitrogen and oxygen atoms in total. The van der Waals surface area contributed by atoms with E-state index in [1.807, 2.05) is 6.07 Å². The van der Waals surface area contributed by atoms with Gasteiger partial charge >= 0.3 is 0 Å². The molecule has 0 fully saturated rings. The van der Waals surface area contributed by atoms with Gasteiger partial charge in [-0.2, -0.15) is 0 Å². The van der Waals surface area contributed by atoms with E-state index in [1.54, 1.807) is 6.07 Å². The predicted octanol–water partition coefficient (Wildman–Crippen LogP) is 2.12. The number of nitrogens with zero attached hydrogens (tertiary/aromatic N) is 1. The normalized spacial score (nSPS) is 18.8. The van der Waals surface area contributed by atoms with Gasteiger partial charge in [-0.15, -0.1) is 0 Å². The number of phenols is 1. The van der Waals surface area contributed by atoms with E-state index in [0.717, 1.165) is 17.8 Å². The van der Waals surface area contributed by atoms with E-state index in [-0.39, 0.29) is 5.41 Å². The predicted molar refractivity (Wildman–Crippen MR) is 54.4 cm³/mol. The molecule has 0 aromatic heterocycles. The lowest BCUT2D eigenvalue weighted by Crippen LogP contribution is -2.25. The Morgan fingerprint density at radius 2 is 2.08 bits per heavy atom. The second-order valence-electron chi connectivity index (χ2n) is 4.41. The van der Waals surface area contributed by atoms with Gasteiger partial charge in [-0.3, -0.25) is 0 Å². The fourth-order valence-electron chi connectivity index (χ4n) is 2.30. The lowest BCUT2D eigenvalue weighted by atomic mass is 9.86. The molecule has 2 rings (SSSR count). The average Bonchev–Trinajstić information content (AvgIpc) is 2.24. The van der Waals surface area contributed by atoms with E-state index in [2.05, 4.69) is 31.9 Å². The van der Waals surface area contributed by atoms with Crippen LogP contribution in [-0.2, 0) is 5.41 Å². The minimum Gasteiger partial charge on any atom is -0.508 e. The molecule has 1 N–H and O–H groups in total. The van der Waals surface area contributed by atoms with Crippen LogP contribution in [0.2, 0.25) is 0 Å². The third kappa shape index (κ3) is 1.09. The number of hydrogen-bond donors (Lipinski definition) is 1. The molecule has 1 aliphatic heterocycles. The molecular formula is C11H15NO. The SMILES string of the molecule is CN1CC(C)(C)c2c(O)cccc21. The Kier molecular flexibility index (Phi) is 1.56. The molecule has 1 aromatic rings. The third-order valence-electron chi connectivity index (χ3n) is 2.74. The van der Waals surface area contributed by atoms with Crippen molar-refractivity contribution in [3.8, 4) is 5.75 Å². The van der Waals surface area contributed by atoms with E-state index in [4.69, 9.17) is 0 Å². The lowest BCUT2D eigenvalue weighted by molar-refractivity contribution is 0.448. The molecule has 0 unspecified atom stereocenters. The number of aromatic hydroxyl groups is 1. The van der Waals surface area contributed by atoms with Crippen LogP contribution in [0.3, 0.4) is 0 Å². The molecule has 2 heteroatoms. The largest absolute Gasteiger partial charge is 0.508 e. The fraction of sp³-hybridized carbons (Fsp3) is 0.455. The molecule has 0 bridgehead atoms. The van der Waals surface area contributed by atoms with Gasteiger partial charge in [-0.05, 0) is 12.1 Å². The summed E-state index contributed by atoms with van der Waals surface area (Å²) in [5, 5.41) is 9.76. The molecule has 0 amide bonds. The summed E-state index contributed by atoms with van der Waals surface area (Å²) < 4.78 is 0. The van der Waals surface area contributed by atoms with Gasteiger partial charge in [0.1, 0.15) is 5.75 Å². The van der Waals surface area contributed by atoms with Crippen molar-refractivity contribution in [1.29, 1.82) is 0 Å². The molecule has 70 valence electrons. The molecule has 1 heterocycles. The summed E-state index contributed by atoms with van der Waals surface area (Å²) in [5.74, 6) is 0.423. The van der Waals surface area contributed by atoms with Crippen molar-refractivity contribution in [2.45, 2.75) is 19.3 Å². The molecule has 0 radical (unpaired) electrons. The van der Waals surface area contributed by atoms with Gasteiger partial charge in [0.05, 0.1) is 0 Å². The number of rotatable bonds is 0. The number of benzene rings is 1. The van der Waals surface area contributed by atoms with Crippen LogP contribution < -0.4 is 4.90 Å². The van der Waals surface area contributed by atoms with Crippen LogP contribution in [-0.4, -0.2) is 18.7 Å². The molecule has 0 spiro atoms. The summed E-state index contributed by atoms with van der Waals surface area (Å²) in [6.45, 7) is 5.30. The maximum atomic E-state index is 9.76. The maximum Gasteiger partial charge on any atom is 0.121 e. The minimum absolute atomic E-state index is 0.0649. The number of likely N-dealkylation sites (N-methyl/N-ethyl adjacent to an activating group) is 1. The van der Waals surface area contributed by atoms with Crippen molar-refractivity contribution >= 4 is 5.69 Å². The van der Waals surface area contributed by atoms with Crippen LogP contribution in [0.15, 0.2) is 18.2 Å². The van der Waals surface area contributed by atoms with Crippen LogP contribution in [0.25, 0.3) is 0 Å². The zero-order valence-electron chi connectivity index (χ0n) is 8.33. The quantitative estimate of drug-likeness (QED) is 0.656. The Morgan fingerprint density at radius 3 is 2.69 bits per heavy atom. The maximum absolute atomic E-state index is 9.76.